The Balaban J connectivity index is 2.23. The van der Waals surface area contributed by atoms with E-state index in [2.05, 4.69) is 39.0 Å². The minimum Gasteiger partial charge on any atom is -0.380 e. The quantitative estimate of drug-likeness (QED) is 0.904. The van der Waals surface area contributed by atoms with Crippen molar-refractivity contribution in [3.05, 3.63) is 28.2 Å². The van der Waals surface area contributed by atoms with Gasteiger partial charge in [-0.05, 0) is 30.2 Å². The van der Waals surface area contributed by atoms with Crippen molar-refractivity contribution in [3.63, 3.8) is 0 Å². The van der Waals surface area contributed by atoms with Gasteiger partial charge in [-0.25, -0.2) is 0 Å². The maximum absolute atomic E-state index is 5.79. The Morgan fingerprint density at radius 1 is 1.31 bits per heavy atom. The molecule has 0 saturated carbocycles. The SMILES string of the molecule is NCc1cc(Br)ccc1N1CCCOCC1. The highest BCUT2D eigenvalue weighted by atomic mass is 79.9. The van der Waals surface area contributed by atoms with Gasteiger partial charge in [-0.2, -0.15) is 0 Å². The van der Waals surface area contributed by atoms with Crippen molar-refractivity contribution in [3.8, 4) is 0 Å². The topological polar surface area (TPSA) is 38.5 Å². The summed E-state index contributed by atoms with van der Waals surface area (Å²) >= 11 is 3.48. The monoisotopic (exact) mass is 284 g/mol. The van der Waals surface area contributed by atoms with E-state index < -0.39 is 0 Å². The van der Waals surface area contributed by atoms with Gasteiger partial charge in [0.25, 0.3) is 0 Å². The third kappa shape index (κ3) is 2.75. The first kappa shape index (κ1) is 11.9. The van der Waals surface area contributed by atoms with Crippen LogP contribution in [0, 0.1) is 0 Å². The van der Waals surface area contributed by atoms with Crippen LogP contribution in [0.15, 0.2) is 22.7 Å². The molecule has 0 radical (unpaired) electrons. The smallest absolute Gasteiger partial charge is 0.0641 e. The second kappa shape index (κ2) is 5.66. The molecule has 1 aromatic carbocycles. The Morgan fingerprint density at radius 3 is 3.00 bits per heavy atom. The summed E-state index contributed by atoms with van der Waals surface area (Å²) in [5.41, 5.74) is 8.22. The van der Waals surface area contributed by atoms with Crippen molar-refractivity contribution in [2.45, 2.75) is 13.0 Å². The van der Waals surface area contributed by atoms with Crippen molar-refractivity contribution >= 4 is 21.6 Å². The molecule has 0 atom stereocenters. The largest absolute Gasteiger partial charge is 0.380 e. The van der Waals surface area contributed by atoms with Gasteiger partial charge in [0.2, 0.25) is 0 Å². The van der Waals surface area contributed by atoms with Crippen LogP contribution in [0.25, 0.3) is 0 Å². The van der Waals surface area contributed by atoms with Gasteiger partial charge in [0.1, 0.15) is 0 Å². The lowest BCUT2D eigenvalue weighted by Gasteiger charge is -2.24. The van der Waals surface area contributed by atoms with Crippen LogP contribution >= 0.6 is 15.9 Å². The second-order valence-electron chi connectivity index (χ2n) is 3.93. The van der Waals surface area contributed by atoms with Crippen LogP contribution in [0.3, 0.4) is 0 Å². The summed E-state index contributed by atoms with van der Waals surface area (Å²) in [5, 5.41) is 0. The van der Waals surface area contributed by atoms with Crippen molar-refractivity contribution in [2.75, 3.05) is 31.2 Å². The maximum atomic E-state index is 5.79. The second-order valence-corrected chi connectivity index (χ2v) is 4.85. The highest BCUT2D eigenvalue weighted by Gasteiger charge is 2.13. The van der Waals surface area contributed by atoms with Crippen LogP contribution in [0.2, 0.25) is 0 Å². The number of nitrogens with zero attached hydrogens (tertiary/aromatic N) is 1. The van der Waals surface area contributed by atoms with Gasteiger partial charge in [0.15, 0.2) is 0 Å². The summed E-state index contributed by atoms with van der Waals surface area (Å²) in [4.78, 5) is 2.36. The van der Waals surface area contributed by atoms with Crippen molar-refractivity contribution in [1.29, 1.82) is 0 Å². The van der Waals surface area contributed by atoms with E-state index in [1.165, 1.54) is 11.3 Å². The lowest BCUT2D eigenvalue weighted by atomic mass is 10.1. The molecule has 1 fully saturated rings. The molecule has 0 unspecified atom stereocenters. The average Bonchev–Trinajstić information content (AvgIpc) is 2.57. The molecule has 88 valence electrons. The third-order valence-electron chi connectivity index (χ3n) is 2.82. The van der Waals surface area contributed by atoms with Gasteiger partial charge in [-0.1, -0.05) is 15.9 Å². The predicted octanol–water partition coefficient (Wildman–Crippen LogP) is 2.13. The predicted molar refractivity (Wildman–Crippen MR) is 69.7 cm³/mol. The first-order valence-electron chi connectivity index (χ1n) is 5.62. The number of nitrogens with two attached hydrogens (primary N) is 1. The summed E-state index contributed by atoms with van der Waals surface area (Å²) in [6.07, 6.45) is 1.08. The Hall–Kier alpha value is -0.580. The minimum absolute atomic E-state index is 0.576. The van der Waals surface area contributed by atoms with Gasteiger partial charge in [0, 0.05) is 36.4 Å². The van der Waals surface area contributed by atoms with Gasteiger partial charge in [-0.3, -0.25) is 0 Å². The molecule has 0 aromatic heterocycles. The van der Waals surface area contributed by atoms with E-state index in [0.29, 0.717) is 6.54 Å². The summed E-state index contributed by atoms with van der Waals surface area (Å²) in [6.45, 7) is 4.25. The average molecular weight is 285 g/mol. The molecule has 1 aliphatic rings. The van der Waals surface area contributed by atoms with Crippen molar-refractivity contribution in [2.24, 2.45) is 5.73 Å². The summed E-state index contributed by atoms with van der Waals surface area (Å²) in [5.74, 6) is 0. The van der Waals surface area contributed by atoms with Crippen LogP contribution in [0.5, 0.6) is 0 Å². The standard InChI is InChI=1S/C12H17BrN2O/c13-11-2-3-12(10(8-11)9-14)15-4-1-6-16-7-5-15/h2-3,8H,1,4-7,9,14H2. The molecule has 0 spiro atoms. The van der Waals surface area contributed by atoms with Gasteiger partial charge >= 0.3 is 0 Å². The lowest BCUT2D eigenvalue weighted by molar-refractivity contribution is 0.152. The van der Waals surface area contributed by atoms with E-state index >= 15 is 0 Å². The highest BCUT2D eigenvalue weighted by molar-refractivity contribution is 9.10. The fourth-order valence-electron chi connectivity index (χ4n) is 2.01. The summed E-state index contributed by atoms with van der Waals surface area (Å²) in [6, 6.07) is 6.30. The van der Waals surface area contributed by atoms with Crippen LogP contribution in [-0.2, 0) is 11.3 Å². The zero-order valence-corrected chi connectivity index (χ0v) is 10.9. The van der Waals surface area contributed by atoms with Crippen LogP contribution in [0.4, 0.5) is 5.69 Å². The van der Waals surface area contributed by atoms with E-state index in [1.54, 1.807) is 0 Å². The highest BCUT2D eigenvalue weighted by Crippen LogP contribution is 2.25. The molecular weight excluding hydrogens is 268 g/mol. The summed E-state index contributed by atoms with van der Waals surface area (Å²) in [7, 11) is 0. The van der Waals surface area contributed by atoms with E-state index in [9.17, 15) is 0 Å². The third-order valence-corrected chi connectivity index (χ3v) is 3.32. The number of ether oxygens (including phenoxy) is 1. The van der Waals surface area contributed by atoms with Gasteiger partial charge in [0.05, 0.1) is 6.61 Å². The van der Waals surface area contributed by atoms with Crippen LogP contribution in [-0.4, -0.2) is 26.3 Å². The molecule has 1 aromatic rings. The molecule has 2 rings (SSSR count). The molecule has 0 amide bonds. The maximum Gasteiger partial charge on any atom is 0.0641 e. The normalized spacial score (nSPS) is 17.2. The van der Waals surface area contributed by atoms with Crippen molar-refractivity contribution < 1.29 is 4.74 Å². The zero-order valence-electron chi connectivity index (χ0n) is 9.29. The van der Waals surface area contributed by atoms with E-state index in [0.717, 1.165) is 37.2 Å². The molecule has 0 bridgehead atoms. The number of rotatable bonds is 2. The van der Waals surface area contributed by atoms with Crippen LogP contribution < -0.4 is 10.6 Å². The molecule has 2 N–H and O–H groups in total. The number of hydrogen-bond donors (Lipinski definition) is 1. The Bertz CT molecular complexity index is 349. The van der Waals surface area contributed by atoms with Gasteiger partial charge < -0.3 is 15.4 Å². The number of benzene rings is 1. The Labute approximate surface area is 105 Å². The van der Waals surface area contributed by atoms with E-state index in [1.807, 2.05) is 0 Å². The molecule has 16 heavy (non-hydrogen) atoms. The van der Waals surface area contributed by atoms with E-state index in [-0.39, 0.29) is 0 Å². The van der Waals surface area contributed by atoms with Crippen molar-refractivity contribution in [1.82, 2.24) is 0 Å². The molecule has 1 saturated heterocycles. The fourth-order valence-corrected chi connectivity index (χ4v) is 2.42. The Morgan fingerprint density at radius 2 is 2.19 bits per heavy atom. The van der Waals surface area contributed by atoms with Crippen LogP contribution in [0.1, 0.15) is 12.0 Å². The summed E-state index contributed by atoms with van der Waals surface area (Å²) < 4.78 is 6.55. The van der Waals surface area contributed by atoms with E-state index in [4.69, 9.17) is 10.5 Å². The molecule has 0 aliphatic carbocycles. The first-order chi connectivity index (χ1) is 7.81. The first-order valence-corrected chi connectivity index (χ1v) is 6.42. The molecule has 3 nitrogen and oxygen atoms in total. The Kier molecular flexibility index (Phi) is 4.21. The minimum atomic E-state index is 0.576. The molecule has 1 aliphatic heterocycles. The number of halogens is 1. The number of anilines is 1. The fraction of sp³-hybridized carbons (Fsp3) is 0.500. The lowest BCUT2D eigenvalue weighted by Crippen LogP contribution is -2.27. The van der Waals surface area contributed by atoms with Gasteiger partial charge in [-0.15, -0.1) is 0 Å². The zero-order chi connectivity index (χ0) is 11.4. The number of hydrogen-bond acceptors (Lipinski definition) is 3. The molecule has 1 heterocycles. The molecular formula is C12H17BrN2O. The molecule has 4 heteroatoms.